The van der Waals surface area contributed by atoms with E-state index in [2.05, 4.69) is 0 Å². The van der Waals surface area contributed by atoms with Gasteiger partial charge in [-0.15, -0.1) is 0 Å². The first kappa shape index (κ1) is 53.9. The van der Waals surface area contributed by atoms with E-state index in [-0.39, 0.29) is 81.0 Å². The van der Waals surface area contributed by atoms with Gasteiger partial charge in [-0.2, -0.15) is 0 Å². The van der Waals surface area contributed by atoms with E-state index >= 15 is 4.79 Å². The summed E-state index contributed by atoms with van der Waals surface area (Å²) in [4.78, 5) is 68.7. The Morgan fingerprint density at radius 2 is 1.26 bits per heavy atom. The molecule has 5 aliphatic heterocycles. The van der Waals surface area contributed by atoms with E-state index in [1.807, 2.05) is 13.8 Å². The van der Waals surface area contributed by atoms with Gasteiger partial charge in [-0.05, 0) is 84.2 Å². The first-order chi connectivity index (χ1) is 36.5. The van der Waals surface area contributed by atoms with Crippen molar-refractivity contribution >= 4 is 39.5 Å². The van der Waals surface area contributed by atoms with Crippen LogP contribution in [0.5, 0.6) is 11.5 Å². The summed E-state index contributed by atoms with van der Waals surface area (Å²) in [7, 11) is 0. The van der Waals surface area contributed by atoms with Crippen LogP contribution in [0.2, 0.25) is 0 Å². The third-order valence-electron chi connectivity index (χ3n) is 16.9. The van der Waals surface area contributed by atoms with Crippen LogP contribution >= 0.6 is 0 Å². The number of allylic oxidation sites excluding steroid dienone is 2. The van der Waals surface area contributed by atoms with Crippen LogP contribution in [0.15, 0.2) is 57.3 Å². The molecular weight excluding hydrogens is 1000 g/mol. The third kappa shape index (κ3) is 9.54. The molecule has 0 bridgehead atoms. The molecule has 0 amide bonds. The number of hydrogen-bond acceptors (Lipinski definition) is 20. The number of ether oxygens (including phenoxy) is 9. The van der Waals surface area contributed by atoms with E-state index in [4.69, 9.17) is 47.0 Å². The minimum Gasteiger partial charge on any atom is -0.508 e. The monoisotopic (exact) mass is 1070 g/mol. The molecule has 3 aliphatic carbocycles. The quantitative estimate of drug-likeness (QED) is 0.165. The van der Waals surface area contributed by atoms with Gasteiger partial charge in [0.25, 0.3) is 0 Å². The average Bonchev–Trinajstić information content (AvgIpc) is 3.37. The maximum Gasteiger partial charge on any atom is 0.344 e. The van der Waals surface area contributed by atoms with Gasteiger partial charge in [-0.25, -0.2) is 4.79 Å². The van der Waals surface area contributed by atoms with E-state index in [1.165, 1.54) is 36.4 Å². The fourth-order valence-electron chi connectivity index (χ4n) is 12.7. The zero-order valence-corrected chi connectivity index (χ0v) is 43.8. The number of carbonyl (C=O) groups is 4. The summed E-state index contributed by atoms with van der Waals surface area (Å²) in [6.07, 6.45) is -4.74. The van der Waals surface area contributed by atoms with Crippen molar-refractivity contribution in [3.63, 3.8) is 0 Å². The van der Waals surface area contributed by atoms with Crippen LogP contribution in [0.1, 0.15) is 140 Å². The number of phenolic OH excluding ortho intramolecular Hbond substituents is 2. The Kier molecular flexibility index (Phi) is 14.2. The normalized spacial score (nSPS) is 39.4. The molecule has 2 aromatic carbocycles. The Hall–Kier alpha value is -5.07. The van der Waals surface area contributed by atoms with Crippen LogP contribution in [0.4, 0.5) is 0 Å². The van der Waals surface area contributed by atoms with Gasteiger partial charge in [0.15, 0.2) is 53.9 Å². The Bertz CT molecular complexity index is 3000. The standard InChI is InChI=1S/C57H66O20/c1-25-35(59)11-15-42(69-25)73-37-13-17-44(71-27(37)3)75-40-22-39(68-29(5)50(40)62)33-21-34-46(30-7-9-31(58)10-8-30)54(65)76-53-47(34)48(52(33)64)51(63)32-19-20-56(66)24-55(6,23-41(61)57(56,67)49(32)53)77-45-18-14-38(28(4)72-45)74-43-16-12-36(60)26(2)70-43/h7-10,19-21,25-29,37-40,42-45,50,58,62,64,66-67H,11-18,22-24H2,1-6H3. The molecule has 20 heteroatoms. The number of hydrogen-bond donors (Lipinski definition) is 5. The topological polar surface area (TPSA) is 283 Å². The molecule has 77 heavy (non-hydrogen) atoms. The number of Topliss-reactive ketones (excluding diaryl/α,β-unsaturated/α-hetero) is 4. The Balaban J connectivity index is 0.882. The maximum atomic E-state index is 15.2. The largest absolute Gasteiger partial charge is 0.508 e. The number of aliphatic hydroxyl groups excluding tert-OH is 1. The van der Waals surface area contributed by atoms with E-state index in [9.17, 15) is 44.7 Å². The van der Waals surface area contributed by atoms with Crippen molar-refractivity contribution in [3.8, 4) is 22.6 Å². The zero-order chi connectivity index (χ0) is 54.6. The molecule has 1 saturated carbocycles. The Morgan fingerprint density at radius 1 is 0.675 bits per heavy atom. The number of ketones is 4. The fraction of sp³-hybridized carbons (Fsp3) is 0.596. The van der Waals surface area contributed by atoms with Crippen molar-refractivity contribution in [2.75, 3.05) is 0 Å². The number of carbonyl (C=O) groups excluding carboxylic acids is 4. The van der Waals surface area contributed by atoms with Gasteiger partial charge in [-0.3, -0.25) is 19.2 Å². The highest BCUT2D eigenvalue weighted by atomic mass is 16.7. The molecule has 8 aliphatic rings. The lowest BCUT2D eigenvalue weighted by Crippen LogP contribution is -2.68. The van der Waals surface area contributed by atoms with E-state index in [0.717, 1.165) is 6.08 Å². The maximum absolute atomic E-state index is 15.2. The predicted molar refractivity (Wildman–Crippen MR) is 268 cm³/mol. The van der Waals surface area contributed by atoms with Crippen molar-refractivity contribution in [2.45, 2.75) is 215 Å². The van der Waals surface area contributed by atoms with Crippen LogP contribution in [0, 0.1) is 0 Å². The van der Waals surface area contributed by atoms with Gasteiger partial charge >= 0.3 is 5.63 Å². The molecule has 1 aromatic heterocycles. The van der Waals surface area contributed by atoms with Crippen LogP contribution in [0.25, 0.3) is 27.5 Å². The molecule has 0 spiro atoms. The van der Waals surface area contributed by atoms with Gasteiger partial charge < -0.3 is 72.6 Å². The first-order valence-corrected chi connectivity index (χ1v) is 26.8. The predicted octanol–water partition coefficient (Wildman–Crippen LogP) is 5.60. The Morgan fingerprint density at radius 3 is 1.87 bits per heavy atom. The van der Waals surface area contributed by atoms with E-state index in [1.54, 1.807) is 27.7 Å². The zero-order valence-electron chi connectivity index (χ0n) is 43.8. The minimum absolute atomic E-state index is 0.0134. The van der Waals surface area contributed by atoms with E-state index in [0.29, 0.717) is 51.4 Å². The molecule has 3 aromatic rings. The Labute approximate surface area is 443 Å². The summed E-state index contributed by atoms with van der Waals surface area (Å²) in [6.45, 7) is 10.3. The lowest BCUT2D eigenvalue weighted by atomic mass is 9.58. The summed E-state index contributed by atoms with van der Waals surface area (Å²) in [5.74, 6) is -2.84. The summed E-state index contributed by atoms with van der Waals surface area (Å²) in [6, 6.07) is 7.12. The van der Waals surface area contributed by atoms with Gasteiger partial charge in [0, 0.05) is 85.3 Å². The smallest absolute Gasteiger partial charge is 0.344 e. The molecule has 20 nitrogen and oxygen atoms in total. The number of aromatic hydroxyl groups is 2. The molecule has 5 saturated heterocycles. The lowest BCUT2D eigenvalue weighted by molar-refractivity contribution is -0.296. The second-order valence-electron chi connectivity index (χ2n) is 22.4. The number of fused-ring (bicyclic) bond motifs is 3. The van der Waals surface area contributed by atoms with Crippen LogP contribution in [-0.4, -0.2) is 146 Å². The second-order valence-corrected chi connectivity index (χ2v) is 22.4. The van der Waals surface area contributed by atoms with Crippen molar-refractivity contribution in [1.82, 2.24) is 0 Å². The summed E-state index contributed by atoms with van der Waals surface area (Å²) < 4.78 is 61.8. The molecule has 5 N–H and O–H groups in total. The van der Waals surface area contributed by atoms with E-state index < -0.39 is 131 Å². The highest BCUT2D eigenvalue weighted by Gasteiger charge is 2.67. The molecular formula is C57H66O20. The highest BCUT2D eigenvalue weighted by Crippen LogP contribution is 2.57. The number of rotatable bonds is 10. The minimum atomic E-state index is -2.88. The number of aliphatic hydroxyl groups is 3. The average molecular weight is 1070 g/mol. The summed E-state index contributed by atoms with van der Waals surface area (Å²) >= 11 is 0. The van der Waals surface area contributed by atoms with Gasteiger partial charge in [-0.1, -0.05) is 18.2 Å². The van der Waals surface area contributed by atoms with Crippen molar-refractivity contribution < 1.29 is 91.8 Å². The highest BCUT2D eigenvalue weighted by molar-refractivity contribution is 6.31. The van der Waals surface area contributed by atoms with Crippen molar-refractivity contribution in [3.05, 3.63) is 75.4 Å². The molecule has 414 valence electrons. The second kappa shape index (κ2) is 20.2. The van der Waals surface area contributed by atoms with Crippen molar-refractivity contribution in [2.24, 2.45) is 0 Å². The third-order valence-corrected chi connectivity index (χ3v) is 16.9. The molecule has 17 unspecified atom stereocenters. The molecule has 17 atom stereocenters. The number of benzene rings is 2. The fourth-order valence-corrected chi connectivity index (χ4v) is 12.7. The molecule has 6 fully saturated rings. The molecule has 11 rings (SSSR count). The van der Waals surface area contributed by atoms with Gasteiger partial charge in [0.1, 0.15) is 41.2 Å². The first-order valence-electron chi connectivity index (χ1n) is 26.8. The van der Waals surface area contributed by atoms with Crippen molar-refractivity contribution in [1.29, 1.82) is 0 Å². The SMILES string of the molecule is CC1OC(OC2CCC(OC3CC(c4cc5c(-c6ccc(O)cc6)c(=O)oc6c5c(c4O)C(=O)C4=C6C5(O)C(=O)CC(C)(OC6CCC(OC7CCC(=O)C(C)O7)C(C)O6)CC5(O)C=C4)OC(C)C3O)OC2C)CCC1=O. The van der Waals surface area contributed by atoms with Gasteiger partial charge in [0.2, 0.25) is 0 Å². The van der Waals surface area contributed by atoms with Crippen LogP contribution in [-0.2, 0) is 57.0 Å². The summed E-state index contributed by atoms with van der Waals surface area (Å²) in [5, 5.41) is 59.8. The van der Waals surface area contributed by atoms with Crippen LogP contribution in [0.3, 0.4) is 0 Å². The lowest BCUT2D eigenvalue weighted by Gasteiger charge is -2.53. The summed E-state index contributed by atoms with van der Waals surface area (Å²) in [5.41, 5.74) is -8.58. The molecule has 6 heterocycles. The van der Waals surface area contributed by atoms with Crippen LogP contribution < -0.4 is 5.63 Å². The molecule has 0 radical (unpaired) electrons. The van der Waals surface area contributed by atoms with Gasteiger partial charge in [0.05, 0.1) is 59.5 Å². The number of phenols is 2.